The van der Waals surface area contributed by atoms with Gasteiger partial charge in [0.05, 0.1) is 27.0 Å². The molecule has 0 atom stereocenters. The molecule has 106 valence electrons. The lowest BCUT2D eigenvalue weighted by atomic mass is 10.3. The number of anilines is 2. The number of aromatic hydroxyl groups is 1. The Morgan fingerprint density at radius 1 is 0.950 bits per heavy atom. The van der Waals surface area contributed by atoms with Crippen molar-refractivity contribution in [2.24, 2.45) is 0 Å². The van der Waals surface area contributed by atoms with Gasteiger partial charge in [0.2, 0.25) is 5.95 Å². The fraction of sp³-hybridized carbons (Fsp3) is 0.250. The Hall–Kier alpha value is -2.77. The van der Waals surface area contributed by atoms with Crippen molar-refractivity contribution in [3.05, 3.63) is 18.2 Å². The lowest BCUT2D eigenvalue weighted by Gasteiger charge is -2.10. The van der Waals surface area contributed by atoms with E-state index < -0.39 is 0 Å². The number of hydrogen-bond acceptors (Lipinski definition) is 8. The van der Waals surface area contributed by atoms with Crippen LogP contribution in [0.15, 0.2) is 18.2 Å². The van der Waals surface area contributed by atoms with Crippen LogP contribution >= 0.6 is 0 Å². The molecule has 0 spiro atoms. The third-order valence-corrected chi connectivity index (χ3v) is 2.41. The lowest BCUT2D eigenvalue weighted by molar-refractivity contribution is 0.341. The number of aromatic nitrogens is 3. The Bertz CT molecular complexity index is 584. The average molecular weight is 278 g/mol. The summed E-state index contributed by atoms with van der Waals surface area (Å²) in [7, 11) is 4.40. The van der Waals surface area contributed by atoms with E-state index in [2.05, 4.69) is 20.3 Å². The van der Waals surface area contributed by atoms with Crippen LogP contribution in [0.2, 0.25) is 0 Å². The van der Waals surface area contributed by atoms with E-state index in [1.807, 2.05) is 0 Å². The van der Waals surface area contributed by atoms with Crippen molar-refractivity contribution in [3.63, 3.8) is 0 Å². The third-order valence-electron chi connectivity index (χ3n) is 2.41. The second kappa shape index (κ2) is 5.91. The molecule has 0 aliphatic heterocycles. The molecule has 1 aromatic heterocycles. The zero-order valence-electron chi connectivity index (χ0n) is 11.2. The highest BCUT2D eigenvalue weighted by atomic mass is 16.5. The molecule has 0 saturated heterocycles. The molecule has 2 aromatic rings. The zero-order valence-corrected chi connectivity index (χ0v) is 11.2. The Kier molecular flexibility index (Phi) is 4.04. The molecule has 0 fully saturated rings. The van der Waals surface area contributed by atoms with E-state index in [1.165, 1.54) is 27.4 Å². The summed E-state index contributed by atoms with van der Waals surface area (Å²) >= 11 is 0. The van der Waals surface area contributed by atoms with Crippen molar-refractivity contribution >= 4 is 11.6 Å². The van der Waals surface area contributed by atoms with Gasteiger partial charge < -0.3 is 24.6 Å². The van der Waals surface area contributed by atoms with Gasteiger partial charge in [0.25, 0.3) is 0 Å². The quantitative estimate of drug-likeness (QED) is 0.791. The predicted octanol–water partition coefficient (Wildman–Crippen LogP) is 1.35. The first-order valence-electron chi connectivity index (χ1n) is 5.64. The number of phenolic OH excluding ortho intramolecular Hbond substituents is 1. The molecule has 20 heavy (non-hydrogen) atoms. The molecular formula is C12H14N4O4. The Morgan fingerprint density at radius 3 is 2.15 bits per heavy atom. The fourth-order valence-electron chi connectivity index (χ4n) is 1.44. The lowest BCUT2D eigenvalue weighted by Crippen LogP contribution is -2.04. The molecule has 8 heteroatoms. The van der Waals surface area contributed by atoms with Gasteiger partial charge in [0, 0.05) is 6.07 Å². The largest absolute Gasteiger partial charge is 0.506 e. The molecule has 2 rings (SSSR count). The van der Waals surface area contributed by atoms with Crippen LogP contribution in [-0.4, -0.2) is 41.4 Å². The first-order chi connectivity index (χ1) is 9.66. The highest BCUT2D eigenvalue weighted by molar-refractivity contribution is 5.64. The maximum absolute atomic E-state index is 9.79. The van der Waals surface area contributed by atoms with Crippen molar-refractivity contribution in [3.8, 4) is 23.5 Å². The zero-order chi connectivity index (χ0) is 14.5. The van der Waals surface area contributed by atoms with Crippen molar-refractivity contribution in [1.29, 1.82) is 0 Å². The summed E-state index contributed by atoms with van der Waals surface area (Å²) in [6.45, 7) is 0. The Balaban J connectivity index is 2.33. The molecule has 1 heterocycles. The van der Waals surface area contributed by atoms with E-state index >= 15 is 0 Å². The average Bonchev–Trinajstić information content (AvgIpc) is 2.49. The molecule has 0 unspecified atom stereocenters. The summed E-state index contributed by atoms with van der Waals surface area (Å²) in [5.74, 6) is 0.791. The van der Waals surface area contributed by atoms with Crippen LogP contribution in [0.3, 0.4) is 0 Å². The van der Waals surface area contributed by atoms with Gasteiger partial charge in [-0.25, -0.2) is 0 Å². The number of methoxy groups -OCH3 is 3. The number of hydrogen-bond donors (Lipinski definition) is 2. The van der Waals surface area contributed by atoms with Crippen LogP contribution in [0, 0.1) is 0 Å². The molecule has 0 aliphatic rings. The van der Waals surface area contributed by atoms with Crippen molar-refractivity contribution in [2.75, 3.05) is 26.6 Å². The van der Waals surface area contributed by atoms with Gasteiger partial charge in [-0.05, 0) is 12.1 Å². The summed E-state index contributed by atoms with van der Waals surface area (Å²) in [5, 5.41) is 12.6. The molecule has 0 radical (unpaired) electrons. The molecule has 0 aliphatic carbocycles. The van der Waals surface area contributed by atoms with Crippen LogP contribution in [0.25, 0.3) is 0 Å². The predicted molar refractivity (Wildman–Crippen MR) is 70.9 cm³/mol. The van der Waals surface area contributed by atoms with Crippen molar-refractivity contribution in [1.82, 2.24) is 15.0 Å². The number of rotatable bonds is 5. The van der Waals surface area contributed by atoms with E-state index in [-0.39, 0.29) is 23.7 Å². The first kappa shape index (κ1) is 13.7. The van der Waals surface area contributed by atoms with E-state index in [4.69, 9.17) is 14.2 Å². The number of benzene rings is 1. The second-order valence-corrected chi connectivity index (χ2v) is 3.64. The maximum atomic E-state index is 9.79. The fourth-order valence-corrected chi connectivity index (χ4v) is 1.44. The molecule has 0 saturated carbocycles. The maximum Gasteiger partial charge on any atom is 0.324 e. The third kappa shape index (κ3) is 2.97. The van der Waals surface area contributed by atoms with E-state index in [1.54, 1.807) is 12.1 Å². The van der Waals surface area contributed by atoms with E-state index in [0.717, 1.165) is 0 Å². The van der Waals surface area contributed by atoms with Gasteiger partial charge in [0.1, 0.15) is 11.5 Å². The monoisotopic (exact) mass is 278 g/mol. The minimum atomic E-state index is 0.0316. The molecule has 8 nitrogen and oxygen atoms in total. The SMILES string of the molecule is COc1ccc(O)c(Nc2nc(OC)nc(OC)n2)c1. The summed E-state index contributed by atoms with van der Waals surface area (Å²) < 4.78 is 15.0. The summed E-state index contributed by atoms with van der Waals surface area (Å²) in [4.78, 5) is 11.9. The molecular weight excluding hydrogens is 264 g/mol. The van der Waals surface area contributed by atoms with Gasteiger partial charge in [-0.1, -0.05) is 0 Å². The Labute approximate surface area is 115 Å². The first-order valence-corrected chi connectivity index (χ1v) is 5.64. The van der Waals surface area contributed by atoms with Crippen molar-refractivity contribution in [2.45, 2.75) is 0 Å². The van der Waals surface area contributed by atoms with Crippen LogP contribution in [0.5, 0.6) is 23.5 Å². The Morgan fingerprint density at radius 2 is 1.60 bits per heavy atom. The number of nitrogens with one attached hydrogen (secondary N) is 1. The van der Waals surface area contributed by atoms with Crippen LogP contribution < -0.4 is 19.5 Å². The number of phenols is 1. The van der Waals surface area contributed by atoms with Crippen LogP contribution in [0.1, 0.15) is 0 Å². The van der Waals surface area contributed by atoms with Crippen LogP contribution in [0.4, 0.5) is 11.6 Å². The van der Waals surface area contributed by atoms with Gasteiger partial charge in [0.15, 0.2) is 0 Å². The highest BCUT2D eigenvalue weighted by Crippen LogP contribution is 2.30. The van der Waals surface area contributed by atoms with Gasteiger partial charge in [-0.3, -0.25) is 0 Å². The summed E-state index contributed by atoms with van der Waals surface area (Å²) in [6, 6.07) is 4.94. The minimum absolute atomic E-state index is 0.0316. The molecule has 0 amide bonds. The van der Waals surface area contributed by atoms with Gasteiger partial charge >= 0.3 is 12.0 Å². The molecule has 0 bridgehead atoms. The molecule has 2 N–H and O–H groups in total. The van der Waals surface area contributed by atoms with E-state index in [9.17, 15) is 5.11 Å². The van der Waals surface area contributed by atoms with Crippen LogP contribution in [-0.2, 0) is 0 Å². The highest BCUT2D eigenvalue weighted by Gasteiger charge is 2.10. The second-order valence-electron chi connectivity index (χ2n) is 3.64. The smallest absolute Gasteiger partial charge is 0.324 e. The van der Waals surface area contributed by atoms with E-state index in [0.29, 0.717) is 11.4 Å². The summed E-state index contributed by atoms with van der Waals surface area (Å²) in [5.41, 5.74) is 0.389. The van der Waals surface area contributed by atoms with Gasteiger partial charge in [-0.2, -0.15) is 9.97 Å². The number of ether oxygens (including phenoxy) is 3. The molecule has 1 aromatic carbocycles. The van der Waals surface area contributed by atoms with Crippen molar-refractivity contribution < 1.29 is 19.3 Å². The standard InChI is InChI=1S/C12H14N4O4/c1-18-7-4-5-9(17)8(6-7)13-10-14-11(19-2)16-12(15-10)20-3/h4-6,17H,1-3H3,(H,13,14,15,16). The normalized spacial score (nSPS) is 9.95. The number of nitrogens with zero attached hydrogens (tertiary/aromatic N) is 3. The van der Waals surface area contributed by atoms with Gasteiger partial charge in [-0.15, -0.1) is 4.98 Å². The summed E-state index contributed by atoms with van der Waals surface area (Å²) in [6.07, 6.45) is 0. The minimum Gasteiger partial charge on any atom is -0.506 e. The topological polar surface area (TPSA) is 98.6 Å².